The Morgan fingerprint density at radius 2 is 2.24 bits per heavy atom. The predicted octanol–water partition coefficient (Wildman–Crippen LogP) is 3.21. The maximum atomic E-state index is 10.8. The molecule has 25 heavy (non-hydrogen) atoms. The highest BCUT2D eigenvalue weighted by molar-refractivity contribution is 5.66. The van der Waals surface area contributed by atoms with Crippen LogP contribution in [0, 0.1) is 0 Å². The topological polar surface area (TPSA) is 71.2 Å². The molecular weight excluding hydrogens is 316 g/mol. The van der Waals surface area contributed by atoms with E-state index < -0.39 is 5.97 Å². The quantitative estimate of drug-likeness (QED) is 0.836. The van der Waals surface area contributed by atoms with Crippen LogP contribution in [0.2, 0.25) is 0 Å². The van der Waals surface area contributed by atoms with Gasteiger partial charge in [0.1, 0.15) is 5.82 Å². The van der Waals surface area contributed by atoms with Crippen molar-refractivity contribution in [3.8, 4) is 0 Å². The van der Waals surface area contributed by atoms with Crippen LogP contribution in [0.3, 0.4) is 0 Å². The molecule has 1 atom stereocenters. The zero-order valence-electron chi connectivity index (χ0n) is 14.9. The smallest absolute Gasteiger partial charge is 0.303 e. The Morgan fingerprint density at radius 1 is 1.40 bits per heavy atom. The Hall–Kier alpha value is -2.21. The summed E-state index contributed by atoms with van der Waals surface area (Å²) in [5, 5.41) is 8.87. The first-order chi connectivity index (χ1) is 12.0. The number of carboxylic acid groups (broad SMARTS) is 1. The molecule has 0 saturated carbocycles. The van der Waals surface area contributed by atoms with Crippen LogP contribution in [-0.2, 0) is 17.8 Å². The maximum absolute atomic E-state index is 10.8. The number of aliphatic carboxylic acids is 1. The fourth-order valence-electron chi connectivity index (χ4n) is 3.53. The maximum Gasteiger partial charge on any atom is 0.303 e. The molecule has 0 radical (unpaired) electrons. The van der Waals surface area contributed by atoms with Crippen molar-refractivity contribution in [1.29, 1.82) is 0 Å². The van der Waals surface area contributed by atoms with E-state index in [4.69, 9.17) is 10.1 Å². The van der Waals surface area contributed by atoms with Crippen molar-refractivity contribution in [2.75, 3.05) is 6.54 Å². The lowest BCUT2D eigenvalue weighted by Gasteiger charge is -2.25. The molecule has 0 aromatic carbocycles. The minimum absolute atomic E-state index is 0.122. The van der Waals surface area contributed by atoms with Gasteiger partial charge in [-0.1, -0.05) is 6.07 Å². The summed E-state index contributed by atoms with van der Waals surface area (Å²) in [6, 6.07) is 6.64. The number of pyridine rings is 1. The van der Waals surface area contributed by atoms with Gasteiger partial charge in [0.15, 0.2) is 0 Å². The minimum atomic E-state index is -0.782. The van der Waals surface area contributed by atoms with E-state index in [0.717, 1.165) is 43.1 Å². The van der Waals surface area contributed by atoms with Crippen molar-refractivity contribution in [2.24, 2.45) is 0 Å². The summed E-state index contributed by atoms with van der Waals surface area (Å²) in [4.78, 5) is 22.5. The molecule has 2 aromatic heterocycles. The molecule has 2 aromatic rings. The van der Waals surface area contributed by atoms with Gasteiger partial charge in [0.05, 0.1) is 24.7 Å². The average Bonchev–Trinajstić information content (AvgIpc) is 3.23. The molecule has 6 heteroatoms. The highest BCUT2D eigenvalue weighted by Crippen LogP contribution is 2.32. The molecule has 6 nitrogen and oxygen atoms in total. The Bertz CT molecular complexity index is 726. The number of hydrogen-bond acceptors (Lipinski definition) is 4. The molecule has 3 heterocycles. The number of carbonyl (C=O) groups is 1. The van der Waals surface area contributed by atoms with E-state index >= 15 is 0 Å². The molecule has 3 rings (SSSR count). The number of rotatable bonds is 7. The molecule has 1 fully saturated rings. The molecule has 134 valence electrons. The Balaban J connectivity index is 1.74. The number of nitrogens with zero attached hydrogens (tertiary/aromatic N) is 4. The van der Waals surface area contributed by atoms with Gasteiger partial charge in [-0.3, -0.25) is 14.7 Å². The summed E-state index contributed by atoms with van der Waals surface area (Å²) >= 11 is 0. The lowest BCUT2D eigenvalue weighted by Crippen LogP contribution is -2.25. The fourth-order valence-corrected chi connectivity index (χ4v) is 3.53. The van der Waals surface area contributed by atoms with E-state index in [0.29, 0.717) is 12.5 Å². The zero-order valence-corrected chi connectivity index (χ0v) is 14.9. The van der Waals surface area contributed by atoms with E-state index in [1.165, 1.54) is 0 Å². The van der Waals surface area contributed by atoms with Gasteiger partial charge in [-0.15, -0.1) is 0 Å². The van der Waals surface area contributed by atoms with Gasteiger partial charge in [-0.05, 0) is 45.4 Å². The van der Waals surface area contributed by atoms with Crippen LogP contribution in [0.25, 0.3) is 0 Å². The van der Waals surface area contributed by atoms with Gasteiger partial charge < -0.3 is 9.67 Å². The molecule has 1 aliphatic rings. The van der Waals surface area contributed by atoms with E-state index in [2.05, 4.69) is 34.4 Å². The van der Waals surface area contributed by atoms with Crippen molar-refractivity contribution < 1.29 is 9.90 Å². The lowest BCUT2D eigenvalue weighted by molar-refractivity contribution is -0.136. The van der Waals surface area contributed by atoms with Crippen LogP contribution in [0.1, 0.15) is 62.4 Å². The largest absolute Gasteiger partial charge is 0.481 e. The van der Waals surface area contributed by atoms with Gasteiger partial charge >= 0.3 is 5.97 Å². The first-order valence-corrected chi connectivity index (χ1v) is 8.98. The standard InChI is InChI=1S/C19H26N4O2/c1-14(2)23-12-10-20-18(23)13-22-11-4-7-17(22)16-6-3-5-15(21-16)8-9-19(24)25/h3,5-6,10,12,14,17H,4,7-9,11,13H2,1-2H3,(H,24,25). The normalized spacial score (nSPS) is 18.1. The van der Waals surface area contributed by atoms with Crippen molar-refractivity contribution in [1.82, 2.24) is 19.4 Å². The van der Waals surface area contributed by atoms with Crippen LogP contribution < -0.4 is 0 Å². The van der Waals surface area contributed by atoms with Crippen molar-refractivity contribution in [2.45, 2.75) is 58.2 Å². The summed E-state index contributed by atoms with van der Waals surface area (Å²) in [7, 11) is 0. The Kier molecular flexibility index (Phi) is 5.48. The summed E-state index contributed by atoms with van der Waals surface area (Å²) in [5.41, 5.74) is 1.90. The lowest BCUT2D eigenvalue weighted by atomic mass is 10.1. The summed E-state index contributed by atoms with van der Waals surface area (Å²) < 4.78 is 2.21. The molecule has 1 aliphatic heterocycles. The second kappa shape index (κ2) is 7.78. The molecule has 0 spiro atoms. The molecule has 1 N–H and O–H groups in total. The van der Waals surface area contributed by atoms with Crippen molar-refractivity contribution >= 4 is 5.97 Å². The first kappa shape index (κ1) is 17.6. The summed E-state index contributed by atoms with van der Waals surface area (Å²) in [5.74, 6) is 0.305. The van der Waals surface area contributed by atoms with Gasteiger partial charge in [-0.2, -0.15) is 0 Å². The fraction of sp³-hybridized carbons (Fsp3) is 0.526. The zero-order chi connectivity index (χ0) is 17.8. The van der Waals surface area contributed by atoms with Gasteiger partial charge in [0.2, 0.25) is 0 Å². The minimum Gasteiger partial charge on any atom is -0.481 e. The third kappa shape index (κ3) is 4.25. The number of carboxylic acids is 1. The Labute approximate surface area is 148 Å². The molecular formula is C19H26N4O2. The number of hydrogen-bond donors (Lipinski definition) is 1. The highest BCUT2D eigenvalue weighted by Gasteiger charge is 2.28. The first-order valence-electron chi connectivity index (χ1n) is 8.98. The second-order valence-electron chi connectivity index (χ2n) is 6.92. The molecule has 0 aliphatic carbocycles. The van der Waals surface area contributed by atoms with Crippen LogP contribution in [0.15, 0.2) is 30.6 Å². The van der Waals surface area contributed by atoms with Crippen LogP contribution in [0.5, 0.6) is 0 Å². The number of aromatic nitrogens is 3. The Morgan fingerprint density at radius 3 is 3.00 bits per heavy atom. The third-order valence-electron chi connectivity index (χ3n) is 4.78. The second-order valence-corrected chi connectivity index (χ2v) is 6.92. The predicted molar refractivity (Wildman–Crippen MR) is 95.2 cm³/mol. The summed E-state index contributed by atoms with van der Waals surface area (Å²) in [6.07, 6.45) is 6.73. The SMILES string of the molecule is CC(C)n1ccnc1CN1CCCC1c1cccc(CCC(=O)O)n1. The monoisotopic (exact) mass is 342 g/mol. The van der Waals surface area contributed by atoms with Gasteiger partial charge in [0, 0.05) is 30.6 Å². The molecule has 1 unspecified atom stereocenters. The van der Waals surface area contributed by atoms with E-state index in [1.54, 1.807) is 0 Å². The van der Waals surface area contributed by atoms with Crippen LogP contribution in [0.4, 0.5) is 0 Å². The number of likely N-dealkylation sites (tertiary alicyclic amines) is 1. The van der Waals surface area contributed by atoms with Crippen LogP contribution >= 0.6 is 0 Å². The molecule has 0 bridgehead atoms. The molecule has 0 amide bonds. The third-order valence-corrected chi connectivity index (χ3v) is 4.78. The van der Waals surface area contributed by atoms with Crippen molar-refractivity contribution in [3.05, 3.63) is 47.8 Å². The van der Waals surface area contributed by atoms with E-state index in [1.807, 2.05) is 24.5 Å². The van der Waals surface area contributed by atoms with E-state index in [9.17, 15) is 4.79 Å². The van der Waals surface area contributed by atoms with E-state index in [-0.39, 0.29) is 12.5 Å². The highest BCUT2D eigenvalue weighted by atomic mass is 16.4. The van der Waals surface area contributed by atoms with Gasteiger partial charge in [-0.25, -0.2) is 4.98 Å². The summed E-state index contributed by atoms with van der Waals surface area (Å²) in [6.45, 7) is 6.19. The average molecular weight is 342 g/mol. The number of aryl methyl sites for hydroxylation is 1. The number of imidazole rings is 1. The van der Waals surface area contributed by atoms with Gasteiger partial charge in [0.25, 0.3) is 0 Å². The molecule has 1 saturated heterocycles. The van der Waals surface area contributed by atoms with Crippen molar-refractivity contribution in [3.63, 3.8) is 0 Å². The van der Waals surface area contributed by atoms with Crippen LogP contribution in [-0.4, -0.2) is 37.1 Å².